The normalized spacial score (nSPS) is 24.2. The third kappa shape index (κ3) is 3.88. The van der Waals surface area contributed by atoms with E-state index in [2.05, 4.69) is 5.16 Å². The minimum atomic E-state index is -4.75. The van der Waals surface area contributed by atoms with Crippen molar-refractivity contribution in [3.8, 4) is 0 Å². The molecule has 33 heavy (non-hydrogen) atoms. The first kappa shape index (κ1) is 22.5. The number of alkyl halides is 3. The summed E-state index contributed by atoms with van der Waals surface area (Å²) < 4.78 is 42.4. The fourth-order valence-corrected chi connectivity index (χ4v) is 4.80. The van der Waals surface area contributed by atoms with Crippen LogP contribution in [0.15, 0.2) is 47.6 Å². The zero-order chi connectivity index (χ0) is 23.6. The molecule has 1 N–H and O–H groups in total. The fourth-order valence-electron chi connectivity index (χ4n) is 4.28. The number of carbonyl (C=O) groups excluding carboxylic acids is 1. The third-order valence-electron chi connectivity index (χ3n) is 6.52. The highest BCUT2D eigenvalue weighted by Crippen LogP contribution is 2.49. The van der Waals surface area contributed by atoms with Crippen molar-refractivity contribution in [1.82, 2.24) is 4.90 Å². The van der Waals surface area contributed by atoms with E-state index >= 15 is 0 Å². The molecule has 1 saturated heterocycles. The molecule has 2 aromatic rings. The van der Waals surface area contributed by atoms with E-state index < -0.39 is 23.8 Å². The summed E-state index contributed by atoms with van der Waals surface area (Å²) in [5.41, 5.74) is -2.41. The van der Waals surface area contributed by atoms with Crippen molar-refractivity contribution < 1.29 is 27.9 Å². The molecule has 10 heteroatoms. The van der Waals surface area contributed by atoms with Crippen LogP contribution in [0.1, 0.15) is 41.9 Å². The molecular weight excluding hydrogens is 480 g/mol. The van der Waals surface area contributed by atoms with Gasteiger partial charge in [-0.3, -0.25) is 4.79 Å². The van der Waals surface area contributed by atoms with Crippen molar-refractivity contribution >= 4 is 34.8 Å². The van der Waals surface area contributed by atoms with Crippen LogP contribution in [0.3, 0.4) is 0 Å². The minimum absolute atomic E-state index is 0.0735. The van der Waals surface area contributed by atoms with E-state index in [1.54, 1.807) is 17.0 Å². The smallest absolute Gasteiger partial charge is 0.380 e. The maximum Gasteiger partial charge on any atom is 0.435 e. The van der Waals surface area contributed by atoms with Gasteiger partial charge in [0.1, 0.15) is 5.60 Å². The molecule has 5 rings (SSSR count). The maximum atomic E-state index is 14.1. The molecule has 1 saturated carbocycles. The lowest BCUT2D eigenvalue weighted by Crippen LogP contribution is -2.52. The topological polar surface area (TPSA) is 62.1 Å². The van der Waals surface area contributed by atoms with Crippen LogP contribution in [0.5, 0.6) is 0 Å². The molecule has 1 unspecified atom stereocenters. The summed E-state index contributed by atoms with van der Waals surface area (Å²) >= 11 is 11.9. The molecule has 1 aliphatic carbocycles. The predicted molar refractivity (Wildman–Crippen MR) is 116 cm³/mol. The Balaban J connectivity index is 1.31. The molecule has 0 bridgehead atoms. The van der Waals surface area contributed by atoms with Crippen LogP contribution in [0, 0.1) is 0 Å². The van der Waals surface area contributed by atoms with Gasteiger partial charge in [0.15, 0.2) is 0 Å². The van der Waals surface area contributed by atoms with E-state index in [9.17, 15) is 23.1 Å². The number of likely N-dealkylation sites (tertiary alicyclic amines) is 1. The molecule has 1 amide bonds. The van der Waals surface area contributed by atoms with Crippen molar-refractivity contribution in [2.75, 3.05) is 13.1 Å². The molecule has 0 radical (unpaired) electrons. The second-order valence-electron chi connectivity index (χ2n) is 8.85. The van der Waals surface area contributed by atoms with Crippen LogP contribution in [0.2, 0.25) is 10.0 Å². The van der Waals surface area contributed by atoms with Crippen LogP contribution in [0.4, 0.5) is 13.2 Å². The summed E-state index contributed by atoms with van der Waals surface area (Å²) in [6.45, 7) is 1.02. The van der Waals surface area contributed by atoms with Gasteiger partial charge in [-0.2, -0.15) is 13.2 Å². The molecule has 2 aromatic carbocycles. The Morgan fingerprint density at radius 3 is 2.24 bits per heavy atom. The van der Waals surface area contributed by atoms with Crippen molar-refractivity contribution in [2.24, 2.45) is 5.16 Å². The largest absolute Gasteiger partial charge is 0.435 e. The van der Waals surface area contributed by atoms with Crippen LogP contribution in [-0.4, -0.2) is 46.5 Å². The second kappa shape index (κ2) is 7.61. The highest BCUT2D eigenvalue weighted by Gasteiger charge is 2.62. The quantitative estimate of drug-likeness (QED) is 0.643. The SMILES string of the molecule is O=C(N1CC(c2ccc(C3=NOC(c4cc(Cl)cc(Cl)c4)(C(F)(F)F)C3)cc2)C1)C1(O)CC1. The average Bonchev–Trinajstić information content (AvgIpc) is 3.29. The molecule has 0 aromatic heterocycles. The standard InChI is InChI=1S/C23H19Cl2F3N2O3/c24-17-7-16(8-18(25)9-17)22(23(26,27)28)10-19(29-33-22)14-3-1-13(2-4-14)15-11-30(12-15)20(31)21(32)5-6-21/h1-4,7-9,15,32H,5-6,10-12H2. The number of hydrogen-bond acceptors (Lipinski definition) is 4. The zero-order valence-corrected chi connectivity index (χ0v) is 18.7. The van der Waals surface area contributed by atoms with Gasteiger partial charge in [0, 0.05) is 41.0 Å². The van der Waals surface area contributed by atoms with E-state index in [1.807, 2.05) is 12.1 Å². The number of halogens is 5. The highest BCUT2D eigenvalue weighted by atomic mass is 35.5. The molecule has 174 valence electrons. The maximum absolute atomic E-state index is 14.1. The van der Waals surface area contributed by atoms with Crippen molar-refractivity contribution in [1.29, 1.82) is 0 Å². The Morgan fingerprint density at radius 1 is 1.09 bits per heavy atom. The van der Waals surface area contributed by atoms with Crippen LogP contribution >= 0.6 is 23.2 Å². The van der Waals surface area contributed by atoms with Crippen molar-refractivity contribution in [3.05, 3.63) is 69.2 Å². The van der Waals surface area contributed by atoms with Crippen molar-refractivity contribution in [2.45, 2.75) is 42.6 Å². The van der Waals surface area contributed by atoms with Gasteiger partial charge in [0.05, 0.1) is 5.71 Å². The van der Waals surface area contributed by atoms with E-state index in [0.29, 0.717) is 31.5 Å². The number of aliphatic hydroxyl groups is 1. The second-order valence-corrected chi connectivity index (χ2v) is 9.72. The van der Waals surface area contributed by atoms with Crippen molar-refractivity contribution in [3.63, 3.8) is 0 Å². The molecule has 1 atom stereocenters. The highest BCUT2D eigenvalue weighted by molar-refractivity contribution is 6.34. The summed E-state index contributed by atoms with van der Waals surface area (Å²) in [4.78, 5) is 18.8. The molecule has 2 fully saturated rings. The molecule has 3 aliphatic rings. The summed E-state index contributed by atoms with van der Waals surface area (Å²) in [5, 5.41) is 13.9. The minimum Gasteiger partial charge on any atom is -0.380 e. The lowest BCUT2D eigenvalue weighted by molar-refractivity contribution is -0.275. The van der Waals surface area contributed by atoms with Gasteiger partial charge in [0.25, 0.3) is 11.5 Å². The van der Waals surface area contributed by atoms with Gasteiger partial charge in [0.2, 0.25) is 0 Å². The third-order valence-corrected chi connectivity index (χ3v) is 6.96. The molecule has 5 nitrogen and oxygen atoms in total. The number of oxime groups is 1. The zero-order valence-electron chi connectivity index (χ0n) is 17.2. The summed E-state index contributed by atoms with van der Waals surface area (Å²) in [6, 6.07) is 10.8. The molecule has 2 heterocycles. The Hall–Kier alpha value is -2.29. The monoisotopic (exact) mass is 498 g/mol. The van der Waals surface area contributed by atoms with Crippen LogP contribution in [-0.2, 0) is 15.2 Å². The van der Waals surface area contributed by atoms with Crippen LogP contribution < -0.4 is 0 Å². The number of rotatable bonds is 4. The van der Waals surface area contributed by atoms with Gasteiger partial charge in [-0.25, -0.2) is 0 Å². The van der Waals surface area contributed by atoms with Crippen LogP contribution in [0.25, 0.3) is 0 Å². The summed E-state index contributed by atoms with van der Waals surface area (Å²) in [7, 11) is 0. The first-order valence-corrected chi connectivity index (χ1v) is 11.2. The predicted octanol–water partition coefficient (Wildman–Crippen LogP) is 5.03. The Morgan fingerprint density at radius 2 is 1.70 bits per heavy atom. The Bertz CT molecular complexity index is 1120. The Kier molecular flexibility index (Phi) is 5.19. The van der Waals surface area contributed by atoms with Gasteiger partial charge in [-0.15, -0.1) is 0 Å². The number of amides is 1. The van der Waals surface area contributed by atoms with E-state index in [4.69, 9.17) is 28.0 Å². The first-order valence-electron chi connectivity index (χ1n) is 10.4. The number of benzene rings is 2. The van der Waals surface area contributed by atoms with Gasteiger partial charge >= 0.3 is 6.18 Å². The molecule has 0 spiro atoms. The summed E-state index contributed by atoms with van der Waals surface area (Å²) in [5.74, 6) is -0.104. The number of hydrogen-bond donors (Lipinski definition) is 1. The Labute approximate surface area is 197 Å². The van der Waals surface area contributed by atoms with E-state index in [-0.39, 0.29) is 33.1 Å². The first-order chi connectivity index (χ1) is 15.5. The van der Waals surface area contributed by atoms with Gasteiger partial charge in [-0.05, 0) is 42.2 Å². The molecule has 2 aliphatic heterocycles. The number of carbonyl (C=O) groups is 1. The van der Waals surface area contributed by atoms with E-state index in [1.165, 1.54) is 18.2 Å². The van der Waals surface area contributed by atoms with E-state index in [0.717, 1.165) is 5.56 Å². The van der Waals surface area contributed by atoms with Gasteiger partial charge < -0.3 is 14.8 Å². The lowest BCUT2D eigenvalue weighted by Gasteiger charge is -2.40. The lowest BCUT2D eigenvalue weighted by atomic mass is 9.85. The molecular formula is C23H19Cl2F3N2O3. The number of nitrogens with zero attached hydrogens (tertiary/aromatic N) is 2. The van der Waals surface area contributed by atoms with Gasteiger partial charge in [-0.1, -0.05) is 52.6 Å². The summed E-state index contributed by atoms with van der Waals surface area (Å²) in [6.07, 6.45) is -4.25. The average molecular weight is 499 g/mol. The fraction of sp³-hybridized carbons (Fsp3) is 0.391.